The highest BCUT2D eigenvalue weighted by molar-refractivity contribution is 6.06. The number of ether oxygens (including phenoxy) is 1. The van der Waals surface area contributed by atoms with E-state index in [1.54, 1.807) is 30.3 Å². The molecule has 26 heavy (non-hydrogen) atoms. The van der Waals surface area contributed by atoms with Crippen molar-refractivity contribution in [3.05, 3.63) is 65.9 Å². The van der Waals surface area contributed by atoms with E-state index in [-0.39, 0.29) is 18.2 Å². The third-order valence-corrected chi connectivity index (χ3v) is 3.89. The molecule has 0 bridgehead atoms. The van der Waals surface area contributed by atoms with E-state index in [1.807, 2.05) is 38.1 Å². The smallest absolute Gasteiger partial charge is 0.273 e. The first kappa shape index (κ1) is 17.5. The first-order valence-corrected chi connectivity index (χ1v) is 8.47. The molecule has 0 aliphatic carbocycles. The molecule has 0 radical (unpaired) electrons. The molecular weight excluding hydrogens is 330 g/mol. The summed E-state index contributed by atoms with van der Waals surface area (Å²) in [4.78, 5) is 24.7. The standard InChI is InChI=1S/C20H21N3O3/c1-3-26-17-9-7-15(8-10-17)21-20(25)18-11-12-19(24)23(22-18)16-6-4-5-14(2)13-16/h4-11,13,22H,3,12H2,1-2H3,(H,21,25). The van der Waals surface area contributed by atoms with Crippen molar-refractivity contribution in [2.75, 3.05) is 16.9 Å². The summed E-state index contributed by atoms with van der Waals surface area (Å²) in [7, 11) is 0. The molecule has 1 aliphatic rings. The molecule has 0 fully saturated rings. The molecule has 2 amide bonds. The largest absolute Gasteiger partial charge is 0.494 e. The molecule has 0 unspecified atom stereocenters. The first-order valence-electron chi connectivity index (χ1n) is 8.47. The van der Waals surface area contributed by atoms with E-state index in [0.29, 0.717) is 23.7 Å². The monoisotopic (exact) mass is 351 g/mol. The maximum absolute atomic E-state index is 12.5. The van der Waals surface area contributed by atoms with Crippen LogP contribution in [0.15, 0.2) is 60.3 Å². The lowest BCUT2D eigenvalue weighted by Gasteiger charge is -2.28. The summed E-state index contributed by atoms with van der Waals surface area (Å²) in [5, 5.41) is 4.22. The SMILES string of the molecule is CCOc1ccc(NC(=O)C2=CCC(=O)N(c3cccc(C)c3)N2)cc1. The fourth-order valence-corrected chi connectivity index (χ4v) is 2.63. The minimum absolute atomic E-state index is 0.117. The van der Waals surface area contributed by atoms with Gasteiger partial charge in [-0.3, -0.25) is 15.0 Å². The zero-order valence-corrected chi connectivity index (χ0v) is 14.8. The van der Waals surface area contributed by atoms with Crippen molar-refractivity contribution in [1.29, 1.82) is 0 Å². The summed E-state index contributed by atoms with van der Waals surface area (Å²) >= 11 is 0. The fraction of sp³-hybridized carbons (Fsp3) is 0.200. The van der Waals surface area contributed by atoms with Gasteiger partial charge in [0.2, 0.25) is 5.91 Å². The van der Waals surface area contributed by atoms with Crippen LogP contribution in [0.1, 0.15) is 18.9 Å². The summed E-state index contributed by atoms with van der Waals surface area (Å²) in [6.45, 7) is 4.46. The minimum atomic E-state index is -0.306. The third-order valence-electron chi connectivity index (χ3n) is 3.89. The van der Waals surface area contributed by atoms with Crippen molar-refractivity contribution in [3.63, 3.8) is 0 Å². The first-order chi connectivity index (χ1) is 12.6. The third kappa shape index (κ3) is 4.03. The van der Waals surface area contributed by atoms with Gasteiger partial charge in [0.1, 0.15) is 11.4 Å². The number of carbonyl (C=O) groups excluding carboxylic acids is 2. The van der Waals surface area contributed by atoms with Crippen LogP contribution in [0.4, 0.5) is 11.4 Å². The molecule has 3 rings (SSSR count). The number of nitrogens with one attached hydrogen (secondary N) is 2. The molecule has 0 atom stereocenters. The van der Waals surface area contributed by atoms with Crippen LogP contribution < -0.4 is 20.5 Å². The highest BCUT2D eigenvalue weighted by atomic mass is 16.5. The number of nitrogens with zero attached hydrogens (tertiary/aromatic N) is 1. The summed E-state index contributed by atoms with van der Waals surface area (Å²) < 4.78 is 5.39. The van der Waals surface area contributed by atoms with Crippen molar-refractivity contribution in [1.82, 2.24) is 5.43 Å². The minimum Gasteiger partial charge on any atom is -0.494 e. The highest BCUT2D eigenvalue weighted by Crippen LogP contribution is 2.20. The van der Waals surface area contributed by atoms with E-state index < -0.39 is 0 Å². The van der Waals surface area contributed by atoms with Crippen LogP contribution in [0.2, 0.25) is 0 Å². The fourth-order valence-electron chi connectivity index (χ4n) is 2.63. The summed E-state index contributed by atoms with van der Waals surface area (Å²) in [5.74, 6) is 0.323. The number of anilines is 2. The van der Waals surface area contributed by atoms with E-state index in [0.717, 1.165) is 11.3 Å². The van der Waals surface area contributed by atoms with Gasteiger partial charge in [-0.25, -0.2) is 5.01 Å². The second-order valence-corrected chi connectivity index (χ2v) is 5.91. The van der Waals surface area contributed by atoms with Crippen molar-refractivity contribution >= 4 is 23.2 Å². The van der Waals surface area contributed by atoms with Crippen molar-refractivity contribution in [2.45, 2.75) is 20.3 Å². The predicted octanol–water partition coefficient (Wildman–Crippen LogP) is 3.16. The summed E-state index contributed by atoms with van der Waals surface area (Å²) in [5.41, 5.74) is 5.63. The summed E-state index contributed by atoms with van der Waals surface area (Å²) in [6, 6.07) is 14.7. The lowest BCUT2D eigenvalue weighted by Crippen LogP contribution is -2.47. The number of benzene rings is 2. The van der Waals surface area contributed by atoms with Gasteiger partial charge in [-0.1, -0.05) is 12.1 Å². The van der Waals surface area contributed by atoms with E-state index >= 15 is 0 Å². The maximum Gasteiger partial charge on any atom is 0.273 e. The number of carbonyl (C=O) groups is 2. The number of aryl methyl sites for hydroxylation is 1. The zero-order chi connectivity index (χ0) is 18.5. The molecule has 0 spiro atoms. The number of hydrogen-bond acceptors (Lipinski definition) is 4. The van der Waals surface area contributed by atoms with Crippen LogP contribution in [0.25, 0.3) is 0 Å². The number of amides is 2. The van der Waals surface area contributed by atoms with Gasteiger partial charge in [0.05, 0.1) is 12.3 Å². The van der Waals surface area contributed by atoms with Gasteiger partial charge in [0.25, 0.3) is 5.91 Å². The lowest BCUT2D eigenvalue weighted by atomic mass is 10.2. The molecule has 2 N–H and O–H groups in total. The van der Waals surface area contributed by atoms with Crippen LogP contribution in [-0.2, 0) is 9.59 Å². The second kappa shape index (κ2) is 7.74. The van der Waals surface area contributed by atoms with Gasteiger partial charge in [-0.2, -0.15) is 0 Å². The van der Waals surface area contributed by atoms with Crippen LogP contribution in [0.3, 0.4) is 0 Å². The number of hydrogen-bond donors (Lipinski definition) is 2. The van der Waals surface area contributed by atoms with Crippen LogP contribution in [-0.4, -0.2) is 18.4 Å². The molecule has 0 aromatic heterocycles. The number of rotatable bonds is 5. The quantitative estimate of drug-likeness (QED) is 0.868. The molecule has 2 aromatic carbocycles. The summed E-state index contributed by atoms with van der Waals surface area (Å²) in [6.07, 6.45) is 1.76. The van der Waals surface area contributed by atoms with Crippen LogP contribution >= 0.6 is 0 Å². The van der Waals surface area contributed by atoms with Gasteiger partial charge in [-0.15, -0.1) is 0 Å². The van der Waals surface area contributed by atoms with Gasteiger partial charge >= 0.3 is 0 Å². The number of hydrazine groups is 1. The Hall–Kier alpha value is -3.28. The molecule has 6 nitrogen and oxygen atoms in total. The average Bonchev–Trinajstić information content (AvgIpc) is 2.64. The Balaban J connectivity index is 1.70. The maximum atomic E-state index is 12.5. The molecule has 0 saturated carbocycles. The van der Waals surface area contributed by atoms with Crippen LogP contribution in [0, 0.1) is 6.92 Å². The Labute approximate surface area is 152 Å². The molecule has 6 heteroatoms. The average molecular weight is 351 g/mol. The molecule has 2 aromatic rings. The Bertz CT molecular complexity index is 844. The van der Waals surface area contributed by atoms with Crippen molar-refractivity contribution in [3.8, 4) is 5.75 Å². The van der Waals surface area contributed by atoms with Crippen LogP contribution in [0.5, 0.6) is 5.75 Å². The molecule has 134 valence electrons. The van der Waals surface area contributed by atoms with E-state index in [9.17, 15) is 9.59 Å². The van der Waals surface area contributed by atoms with Gasteiger partial charge in [0, 0.05) is 12.1 Å². The molecule has 1 aliphatic heterocycles. The van der Waals surface area contributed by atoms with Crippen molar-refractivity contribution in [2.24, 2.45) is 0 Å². The van der Waals surface area contributed by atoms with Crippen molar-refractivity contribution < 1.29 is 14.3 Å². The van der Waals surface area contributed by atoms with Gasteiger partial charge < -0.3 is 10.1 Å². The normalized spacial score (nSPS) is 13.7. The van der Waals surface area contributed by atoms with E-state index in [4.69, 9.17) is 4.74 Å². The zero-order valence-electron chi connectivity index (χ0n) is 14.8. The second-order valence-electron chi connectivity index (χ2n) is 5.91. The predicted molar refractivity (Wildman–Crippen MR) is 101 cm³/mol. The Morgan fingerprint density at radius 2 is 2.00 bits per heavy atom. The highest BCUT2D eigenvalue weighted by Gasteiger charge is 2.24. The Kier molecular flexibility index (Phi) is 5.22. The molecular formula is C20H21N3O3. The lowest BCUT2D eigenvalue weighted by molar-refractivity contribution is -0.119. The molecule has 0 saturated heterocycles. The topological polar surface area (TPSA) is 70.7 Å². The molecule has 1 heterocycles. The Morgan fingerprint density at radius 1 is 1.23 bits per heavy atom. The Morgan fingerprint density at radius 3 is 2.69 bits per heavy atom. The van der Waals surface area contributed by atoms with Gasteiger partial charge in [-0.05, 0) is 61.9 Å². The van der Waals surface area contributed by atoms with E-state index in [2.05, 4.69) is 10.7 Å². The van der Waals surface area contributed by atoms with E-state index in [1.165, 1.54) is 5.01 Å². The van der Waals surface area contributed by atoms with Gasteiger partial charge in [0.15, 0.2) is 0 Å².